The van der Waals surface area contributed by atoms with Crippen molar-refractivity contribution in [3.8, 4) is 17.3 Å². The van der Waals surface area contributed by atoms with Gasteiger partial charge in [0.1, 0.15) is 23.1 Å². The Kier molecular flexibility index (Phi) is 4.43. The van der Waals surface area contributed by atoms with E-state index in [9.17, 15) is 15.2 Å². The Morgan fingerprint density at radius 3 is 2.77 bits per heavy atom. The van der Waals surface area contributed by atoms with Crippen LogP contribution in [0, 0.1) is 16.7 Å². The van der Waals surface area contributed by atoms with E-state index in [0.29, 0.717) is 36.7 Å². The second-order valence-corrected chi connectivity index (χ2v) is 8.59. The van der Waals surface area contributed by atoms with E-state index >= 15 is 0 Å². The second-order valence-electron chi connectivity index (χ2n) is 8.59. The lowest BCUT2D eigenvalue weighted by molar-refractivity contribution is 0.0634. The normalized spacial score (nSPS) is 22.4. The quantitative estimate of drug-likeness (QED) is 0.672. The minimum atomic E-state index is -0.861. The van der Waals surface area contributed by atoms with Crippen LogP contribution in [0.3, 0.4) is 0 Å². The van der Waals surface area contributed by atoms with Gasteiger partial charge in [0.15, 0.2) is 0 Å². The van der Waals surface area contributed by atoms with E-state index in [1.165, 1.54) is 4.90 Å². The number of nitrogens with zero attached hydrogens (tertiary/aromatic N) is 6. The van der Waals surface area contributed by atoms with Gasteiger partial charge in [-0.3, -0.25) is 4.68 Å². The summed E-state index contributed by atoms with van der Waals surface area (Å²) in [4.78, 5) is 12.7. The van der Waals surface area contributed by atoms with Crippen molar-refractivity contribution < 1.29 is 9.90 Å². The Bertz CT molecular complexity index is 1170. The number of amides is 1. The lowest BCUT2D eigenvalue weighted by Crippen LogP contribution is -2.42. The molecule has 2 fully saturated rings. The number of rotatable bonds is 4. The molecule has 5 rings (SSSR count). The first-order valence-corrected chi connectivity index (χ1v) is 10.3. The van der Waals surface area contributed by atoms with Crippen molar-refractivity contribution >= 4 is 11.9 Å². The summed E-state index contributed by atoms with van der Waals surface area (Å²) < 4.78 is 3.56. The highest BCUT2D eigenvalue weighted by molar-refractivity contribution is 5.72. The molecule has 1 amide bonds. The van der Waals surface area contributed by atoms with E-state index in [0.717, 1.165) is 30.4 Å². The number of nitrogens with two attached hydrogens (primary N) is 1. The molecule has 3 N–H and O–H groups in total. The minimum Gasteiger partial charge on any atom is -0.465 e. The van der Waals surface area contributed by atoms with E-state index in [4.69, 9.17) is 5.73 Å². The van der Waals surface area contributed by atoms with Gasteiger partial charge in [-0.25, -0.2) is 9.48 Å². The fourth-order valence-corrected chi connectivity index (χ4v) is 4.93. The Morgan fingerprint density at radius 1 is 1.32 bits per heavy atom. The monoisotopic (exact) mass is 417 g/mol. The maximum Gasteiger partial charge on any atom is 0.407 e. The maximum absolute atomic E-state index is 11.2. The standard InChI is InChI=1S/C22H23N7O2/c23-10-18-19(16-11-25-28(13-16)12-15-4-2-1-3-5-15)26-29(20(18)24)17-8-22(9-17)6-7-27(14-22)21(30)31/h1-5,11,13,17H,6-9,12,14,24H2,(H,30,31). The predicted octanol–water partition coefficient (Wildman–Crippen LogP) is 2.95. The van der Waals surface area contributed by atoms with Gasteiger partial charge >= 0.3 is 6.09 Å². The molecule has 0 radical (unpaired) electrons. The van der Waals surface area contributed by atoms with Crippen LogP contribution in [0.1, 0.15) is 36.4 Å². The highest BCUT2D eigenvalue weighted by Gasteiger charge is 2.51. The van der Waals surface area contributed by atoms with E-state index in [1.807, 2.05) is 41.2 Å². The minimum absolute atomic E-state index is 0.00891. The predicted molar refractivity (Wildman–Crippen MR) is 113 cm³/mol. The van der Waals surface area contributed by atoms with Crippen molar-refractivity contribution in [2.75, 3.05) is 18.8 Å². The van der Waals surface area contributed by atoms with E-state index < -0.39 is 6.09 Å². The molecule has 31 heavy (non-hydrogen) atoms. The molecule has 3 heterocycles. The lowest BCUT2D eigenvalue weighted by atomic mass is 9.65. The van der Waals surface area contributed by atoms with Crippen molar-refractivity contribution in [3.05, 3.63) is 53.9 Å². The average Bonchev–Trinajstić information content (AvgIpc) is 3.44. The number of hydrogen-bond acceptors (Lipinski definition) is 5. The molecule has 9 nitrogen and oxygen atoms in total. The van der Waals surface area contributed by atoms with Gasteiger partial charge in [-0.2, -0.15) is 15.5 Å². The van der Waals surface area contributed by atoms with Crippen LogP contribution in [0.15, 0.2) is 42.7 Å². The van der Waals surface area contributed by atoms with Crippen molar-refractivity contribution in [2.24, 2.45) is 5.41 Å². The van der Waals surface area contributed by atoms with Gasteiger partial charge < -0.3 is 15.7 Å². The SMILES string of the molecule is N#Cc1c(-c2cnn(Cc3ccccc3)c2)nn(C2CC3(CCN(C(=O)O)C3)C2)c1N. The molecular formula is C22H23N7O2. The topological polar surface area (TPSA) is 126 Å². The molecule has 1 spiro atoms. The number of benzene rings is 1. The number of aromatic nitrogens is 4. The van der Waals surface area contributed by atoms with Gasteiger partial charge in [-0.1, -0.05) is 30.3 Å². The Labute approximate surface area is 179 Å². The summed E-state index contributed by atoms with van der Waals surface area (Å²) in [6.07, 6.45) is 5.23. The summed E-state index contributed by atoms with van der Waals surface area (Å²) in [5, 5.41) is 28.0. The van der Waals surface area contributed by atoms with Crippen LogP contribution in [0.2, 0.25) is 0 Å². The van der Waals surface area contributed by atoms with Crippen LogP contribution < -0.4 is 5.73 Å². The van der Waals surface area contributed by atoms with Crippen molar-refractivity contribution in [2.45, 2.75) is 31.8 Å². The molecule has 0 bridgehead atoms. The van der Waals surface area contributed by atoms with Crippen LogP contribution in [-0.2, 0) is 6.54 Å². The van der Waals surface area contributed by atoms with Crippen molar-refractivity contribution in [3.63, 3.8) is 0 Å². The molecule has 9 heteroatoms. The largest absolute Gasteiger partial charge is 0.465 e. The average molecular weight is 417 g/mol. The highest BCUT2D eigenvalue weighted by atomic mass is 16.4. The molecule has 158 valence electrons. The zero-order valence-corrected chi connectivity index (χ0v) is 17.0. The zero-order chi connectivity index (χ0) is 21.6. The number of nitrogen functional groups attached to an aromatic ring is 1. The molecule has 1 aliphatic carbocycles. The molecule has 0 unspecified atom stereocenters. The number of likely N-dealkylation sites (tertiary alicyclic amines) is 1. The van der Waals surface area contributed by atoms with Crippen molar-refractivity contribution in [1.82, 2.24) is 24.5 Å². The van der Waals surface area contributed by atoms with Gasteiger partial charge in [-0.15, -0.1) is 0 Å². The van der Waals surface area contributed by atoms with Crippen LogP contribution >= 0.6 is 0 Å². The smallest absolute Gasteiger partial charge is 0.407 e. The van der Waals surface area contributed by atoms with Gasteiger partial charge in [0.05, 0.1) is 18.8 Å². The summed E-state index contributed by atoms with van der Waals surface area (Å²) in [6, 6.07) is 12.3. The molecule has 1 aromatic carbocycles. The molecule has 3 aromatic rings. The van der Waals surface area contributed by atoms with Gasteiger partial charge in [0, 0.05) is 24.8 Å². The number of hydrogen-bond donors (Lipinski definition) is 2. The van der Waals surface area contributed by atoms with Gasteiger partial charge in [0.2, 0.25) is 0 Å². The Hall–Kier alpha value is -3.80. The molecule has 2 aliphatic rings. The van der Waals surface area contributed by atoms with E-state index in [2.05, 4.69) is 16.3 Å². The second kappa shape index (κ2) is 7.16. The van der Waals surface area contributed by atoms with Crippen LogP contribution in [0.4, 0.5) is 10.6 Å². The first-order valence-electron chi connectivity index (χ1n) is 10.3. The van der Waals surface area contributed by atoms with Crippen LogP contribution in [0.25, 0.3) is 11.3 Å². The molecule has 1 aliphatic heterocycles. The summed E-state index contributed by atoms with van der Waals surface area (Å²) in [5.41, 5.74) is 9.10. The summed E-state index contributed by atoms with van der Waals surface area (Å²) in [6.45, 7) is 1.76. The Balaban J connectivity index is 1.36. The first-order chi connectivity index (χ1) is 15.0. The fourth-order valence-electron chi connectivity index (χ4n) is 4.93. The fraction of sp³-hybridized carbons (Fsp3) is 0.364. The first kappa shape index (κ1) is 19.2. The van der Waals surface area contributed by atoms with E-state index in [-0.39, 0.29) is 11.5 Å². The van der Waals surface area contributed by atoms with Gasteiger partial charge in [-0.05, 0) is 30.2 Å². The molecular weight excluding hydrogens is 394 g/mol. The zero-order valence-electron chi connectivity index (χ0n) is 17.0. The molecule has 2 aromatic heterocycles. The van der Waals surface area contributed by atoms with Gasteiger partial charge in [0.25, 0.3) is 0 Å². The summed E-state index contributed by atoms with van der Waals surface area (Å²) in [5.74, 6) is 0.362. The van der Waals surface area contributed by atoms with Crippen molar-refractivity contribution in [1.29, 1.82) is 5.26 Å². The number of anilines is 1. The van der Waals surface area contributed by atoms with E-state index in [1.54, 1.807) is 10.9 Å². The number of nitriles is 1. The van der Waals surface area contributed by atoms with Crippen LogP contribution in [0.5, 0.6) is 0 Å². The summed E-state index contributed by atoms with van der Waals surface area (Å²) >= 11 is 0. The third-order valence-corrected chi connectivity index (χ3v) is 6.55. The Morgan fingerprint density at radius 2 is 2.10 bits per heavy atom. The third kappa shape index (κ3) is 3.30. The molecule has 1 saturated carbocycles. The third-order valence-electron chi connectivity index (χ3n) is 6.55. The number of carbonyl (C=O) groups is 1. The molecule has 0 atom stereocenters. The maximum atomic E-state index is 11.2. The highest BCUT2D eigenvalue weighted by Crippen LogP contribution is 2.54. The molecule has 1 saturated heterocycles. The summed E-state index contributed by atoms with van der Waals surface area (Å²) in [7, 11) is 0. The lowest BCUT2D eigenvalue weighted by Gasteiger charge is -2.45. The number of carboxylic acid groups (broad SMARTS) is 1. The van der Waals surface area contributed by atoms with Crippen LogP contribution in [-0.4, -0.2) is 48.8 Å².